The molecule has 1 aromatic carbocycles. The van der Waals surface area contributed by atoms with Gasteiger partial charge in [-0.2, -0.15) is 5.10 Å². The fourth-order valence-corrected chi connectivity index (χ4v) is 2.30. The highest BCUT2D eigenvalue weighted by molar-refractivity contribution is 7.80. The average molecular weight is 322 g/mol. The summed E-state index contributed by atoms with van der Waals surface area (Å²) in [6, 6.07) is 5.04. The molecule has 0 aliphatic carbocycles. The Morgan fingerprint density at radius 2 is 2.14 bits per heavy atom. The van der Waals surface area contributed by atoms with E-state index in [9.17, 15) is 10.1 Å². The number of benzene rings is 1. The molecule has 1 aliphatic rings. The quantitative estimate of drug-likeness (QED) is 0.360. The van der Waals surface area contributed by atoms with Gasteiger partial charge < -0.3 is 15.5 Å². The first-order chi connectivity index (χ1) is 10.5. The Bertz CT molecular complexity index is 598. The largest absolute Gasteiger partial charge is 0.375 e. The molecule has 0 aromatic heterocycles. The highest BCUT2D eigenvalue weighted by Gasteiger charge is 2.22. The van der Waals surface area contributed by atoms with Crippen LogP contribution in [0.1, 0.15) is 5.56 Å². The van der Waals surface area contributed by atoms with Crippen LogP contribution in [0.25, 0.3) is 0 Å². The minimum Gasteiger partial charge on any atom is -0.375 e. The fraction of sp³-hybridized carbons (Fsp3) is 0.385. The van der Waals surface area contributed by atoms with Crippen molar-refractivity contribution < 1.29 is 4.92 Å². The van der Waals surface area contributed by atoms with Crippen molar-refractivity contribution in [1.82, 2.24) is 10.3 Å². The molecule has 118 valence electrons. The minimum absolute atomic E-state index is 0.0415. The van der Waals surface area contributed by atoms with E-state index < -0.39 is 0 Å². The number of nitro groups is 1. The maximum absolute atomic E-state index is 11.3. The number of nitro benzene ring substituents is 1. The monoisotopic (exact) mass is 322 g/mol. The van der Waals surface area contributed by atoms with Gasteiger partial charge in [-0.3, -0.25) is 15.5 Å². The van der Waals surface area contributed by atoms with Crippen molar-refractivity contribution in [2.45, 2.75) is 0 Å². The van der Waals surface area contributed by atoms with Crippen molar-refractivity contribution in [2.75, 3.05) is 38.1 Å². The van der Waals surface area contributed by atoms with Gasteiger partial charge in [0.25, 0.3) is 5.69 Å². The second-order valence-corrected chi connectivity index (χ2v) is 5.47. The first-order valence-electron chi connectivity index (χ1n) is 6.78. The minimum atomic E-state index is -0.369. The van der Waals surface area contributed by atoms with Crippen molar-refractivity contribution in [3.8, 4) is 0 Å². The average Bonchev–Trinajstić information content (AvgIpc) is 2.47. The van der Waals surface area contributed by atoms with Crippen LogP contribution in [0.15, 0.2) is 23.3 Å². The van der Waals surface area contributed by atoms with Crippen molar-refractivity contribution >= 4 is 34.9 Å². The molecule has 0 unspecified atom stereocenters. The third kappa shape index (κ3) is 4.12. The molecule has 1 saturated heterocycles. The molecule has 3 N–H and O–H groups in total. The van der Waals surface area contributed by atoms with Gasteiger partial charge in [-0.15, -0.1) is 0 Å². The maximum Gasteiger partial charge on any atom is 0.293 e. The molecular weight excluding hydrogens is 304 g/mol. The smallest absolute Gasteiger partial charge is 0.293 e. The Morgan fingerprint density at radius 1 is 1.45 bits per heavy atom. The number of anilines is 1. The lowest BCUT2D eigenvalue weighted by Crippen LogP contribution is -2.44. The second kappa shape index (κ2) is 7.14. The summed E-state index contributed by atoms with van der Waals surface area (Å²) in [7, 11) is 2.04. The number of hydrogen-bond donors (Lipinski definition) is 2. The van der Waals surface area contributed by atoms with E-state index >= 15 is 0 Å². The Hall–Kier alpha value is -2.26. The molecule has 9 heteroatoms. The molecule has 1 heterocycles. The molecule has 1 aliphatic heterocycles. The van der Waals surface area contributed by atoms with Crippen LogP contribution in [0.5, 0.6) is 0 Å². The van der Waals surface area contributed by atoms with Gasteiger partial charge in [0.1, 0.15) is 5.69 Å². The lowest BCUT2D eigenvalue weighted by atomic mass is 10.1. The Kier molecular flexibility index (Phi) is 5.23. The number of hydrazone groups is 1. The van der Waals surface area contributed by atoms with Crippen LogP contribution in [0.3, 0.4) is 0 Å². The predicted octanol–water partition coefficient (Wildman–Crippen LogP) is 0.514. The predicted molar refractivity (Wildman–Crippen MR) is 90.3 cm³/mol. The van der Waals surface area contributed by atoms with E-state index in [-0.39, 0.29) is 15.7 Å². The molecule has 0 spiro atoms. The van der Waals surface area contributed by atoms with Gasteiger partial charge in [-0.1, -0.05) is 6.07 Å². The normalized spacial score (nSPS) is 16.0. The number of piperazine rings is 1. The SMILES string of the molecule is CN1CCN(c2ccc(/C=N\NC(N)=S)cc2[N+](=O)[O-])CC1. The number of likely N-dealkylation sites (N-methyl/N-ethyl adjacent to an activating group) is 1. The summed E-state index contributed by atoms with van der Waals surface area (Å²) in [6.07, 6.45) is 1.44. The van der Waals surface area contributed by atoms with Gasteiger partial charge in [0, 0.05) is 37.8 Å². The van der Waals surface area contributed by atoms with Gasteiger partial charge in [0.05, 0.1) is 11.1 Å². The molecular formula is C13H18N6O2S. The zero-order valence-corrected chi connectivity index (χ0v) is 13.0. The summed E-state index contributed by atoms with van der Waals surface area (Å²) >= 11 is 4.63. The summed E-state index contributed by atoms with van der Waals surface area (Å²) in [5, 5.41) is 15.2. The first-order valence-corrected chi connectivity index (χ1v) is 7.18. The van der Waals surface area contributed by atoms with Crippen molar-refractivity contribution in [3.05, 3.63) is 33.9 Å². The van der Waals surface area contributed by atoms with Crippen LogP contribution in [0.4, 0.5) is 11.4 Å². The molecule has 2 rings (SSSR count). The van der Waals surface area contributed by atoms with E-state index in [1.807, 2.05) is 11.9 Å². The van der Waals surface area contributed by atoms with E-state index in [4.69, 9.17) is 5.73 Å². The van der Waals surface area contributed by atoms with E-state index in [1.54, 1.807) is 12.1 Å². The number of nitrogens with one attached hydrogen (secondary N) is 1. The Labute approximate surface area is 133 Å². The van der Waals surface area contributed by atoms with Crippen molar-refractivity contribution in [2.24, 2.45) is 10.8 Å². The number of nitrogens with two attached hydrogens (primary N) is 1. The second-order valence-electron chi connectivity index (χ2n) is 5.03. The van der Waals surface area contributed by atoms with Gasteiger partial charge >= 0.3 is 0 Å². The van der Waals surface area contributed by atoms with Crippen LogP contribution in [0.2, 0.25) is 0 Å². The van der Waals surface area contributed by atoms with E-state index in [1.165, 1.54) is 12.3 Å². The lowest BCUT2D eigenvalue weighted by Gasteiger charge is -2.33. The topological polar surface area (TPSA) is 100 Å². The summed E-state index contributed by atoms with van der Waals surface area (Å²) < 4.78 is 0. The standard InChI is InChI=1S/C13H18N6O2S/c1-17-4-6-18(7-5-17)11-3-2-10(8-12(11)19(20)21)9-15-16-13(14)22/h2-3,8-9H,4-7H2,1H3,(H3,14,16,22)/b15-9-. The zero-order valence-electron chi connectivity index (χ0n) is 12.2. The van der Waals surface area contributed by atoms with Gasteiger partial charge in [0.2, 0.25) is 0 Å². The summed E-state index contributed by atoms with van der Waals surface area (Å²) in [5.41, 5.74) is 8.99. The Morgan fingerprint density at radius 3 is 2.73 bits per heavy atom. The fourth-order valence-electron chi connectivity index (χ4n) is 2.25. The summed E-state index contributed by atoms with van der Waals surface area (Å²) in [4.78, 5) is 15.2. The number of nitrogens with zero attached hydrogens (tertiary/aromatic N) is 4. The molecule has 22 heavy (non-hydrogen) atoms. The van der Waals surface area contributed by atoms with Crippen LogP contribution in [-0.2, 0) is 0 Å². The Balaban J connectivity index is 2.22. The molecule has 0 amide bonds. The molecule has 8 nitrogen and oxygen atoms in total. The van der Waals surface area contributed by atoms with Gasteiger partial charge in [-0.25, -0.2) is 0 Å². The van der Waals surface area contributed by atoms with Gasteiger partial charge in [-0.05, 0) is 25.3 Å². The summed E-state index contributed by atoms with van der Waals surface area (Å²) in [6.45, 7) is 3.32. The first kappa shape index (κ1) is 16.1. The van der Waals surface area contributed by atoms with Crippen LogP contribution in [0, 0.1) is 10.1 Å². The molecule has 0 radical (unpaired) electrons. The highest BCUT2D eigenvalue weighted by atomic mass is 32.1. The van der Waals surface area contributed by atoms with E-state index in [2.05, 4.69) is 27.6 Å². The third-order valence-electron chi connectivity index (χ3n) is 3.43. The molecule has 1 aromatic rings. The zero-order chi connectivity index (χ0) is 16.1. The maximum atomic E-state index is 11.3. The van der Waals surface area contributed by atoms with Gasteiger partial charge in [0.15, 0.2) is 5.11 Å². The number of hydrogen-bond acceptors (Lipinski definition) is 6. The highest BCUT2D eigenvalue weighted by Crippen LogP contribution is 2.29. The van der Waals surface area contributed by atoms with Crippen LogP contribution >= 0.6 is 12.2 Å². The van der Waals surface area contributed by atoms with E-state index in [0.29, 0.717) is 11.3 Å². The molecule has 0 bridgehead atoms. The number of thiocarbonyl (C=S) groups is 1. The molecule has 0 atom stereocenters. The molecule has 1 fully saturated rings. The third-order valence-corrected chi connectivity index (χ3v) is 3.52. The summed E-state index contributed by atoms with van der Waals surface area (Å²) in [5.74, 6) is 0. The van der Waals surface area contributed by atoms with Crippen LogP contribution in [-0.4, -0.2) is 54.4 Å². The van der Waals surface area contributed by atoms with Crippen molar-refractivity contribution in [1.29, 1.82) is 0 Å². The number of rotatable bonds is 4. The van der Waals surface area contributed by atoms with Crippen molar-refractivity contribution in [3.63, 3.8) is 0 Å². The lowest BCUT2D eigenvalue weighted by molar-refractivity contribution is -0.384. The van der Waals surface area contributed by atoms with Crippen LogP contribution < -0.4 is 16.1 Å². The van der Waals surface area contributed by atoms with E-state index in [0.717, 1.165) is 26.2 Å². The molecule has 0 saturated carbocycles.